The maximum Gasteiger partial charge on any atom is 0.416 e. The fourth-order valence-electron chi connectivity index (χ4n) is 1.60. The molecule has 6 heteroatoms. The second-order valence-electron chi connectivity index (χ2n) is 3.82. The third-order valence-corrected chi connectivity index (χ3v) is 3.28. The molecule has 0 aliphatic carbocycles. The summed E-state index contributed by atoms with van der Waals surface area (Å²) in [5.74, 6) is 5.39. The van der Waals surface area contributed by atoms with Crippen LogP contribution in [0.15, 0.2) is 35.3 Å². The summed E-state index contributed by atoms with van der Waals surface area (Å²) < 4.78 is 38.5. The molecule has 1 atom stereocenters. The number of halogens is 4. The number of allylic oxidation sites excluding steroid dienone is 1. The van der Waals surface area contributed by atoms with Gasteiger partial charge in [-0.1, -0.05) is 22.0 Å². The molecule has 18 heavy (non-hydrogen) atoms. The van der Waals surface area contributed by atoms with E-state index in [0.717, 1.165) is 12.1 Å². The first-order valence-electron chi connectivity index (χ1n) is 5.33. The van der Waals surface area contributed by atoms with Gasteiger partial charge in [0.25, 0.3) is 0 Å². The molecule has 0 fully saturated rings. The van der Waals surface area contributed by atoms with Crippen LogP contribution in [0.4, 0.5) is 13.2 Å². The van der Waals surface area contributed by atoms with E-state index >= 15 is 0 Å². The van der Waals surface area contributed by atoms with Crippen molar-refractivity contribution < 1.29 is 13.2 Å². The number of hydrogen-bond acceptors (Lipinski definition) is 2. The quantitative estimate of drug-likeness (QED) is 0.489. The molecule has 0 heterocycles. The summed E-state index contributed by atoms with van der Waals surface area (Å²) in [6, 6.07) is 3.18. The van der Waals surface area contributed by atoms with Crippen molar-refractivity contribution in [3.05, 3.63) is 46.5 Å². The highest BCUT2D eigenvalue weighted by Crippen LogP contribution is 2.34. The third-order valence-electron chi connectivity index (χ3n) is 2.56. The molecule has 2 nitrogen and oxygen atoms in total. The molecule has 1 aromatic carbocycles. The van der Waals surface area contributed by atoms with Gasteiger partial charge in [0.15, 0.2) is 0 Å². The summed E-state index contributed by atoms with van der Waals surface area (Å²) in [7, 11) is 0. The molecule has 0 saturated carbocycles. The van der Waals surface area contributed by atoms with Crippen LogP contribution >= 0.6 is 15.9 Å². The van der Waals surface area contributed by atoms with Crippen molar-refractivity contribution in [3.8, 4) is 0 Å². The van der Waals surface area contributed by atoms with Gasteiger partial charge in [0.1, 0.15) is 0 Å². The number of benzene rings is 1. The molecule has 0 amide bonds. The summed E-state index contributed by atoms with van der Waals surface area (Å²) >= 11 is 3.24. The molecule has 0 aliphatic heterocycles. The fourth-order valence-corrected chi connectivity index (χ4v) is 2.12. The smallest absolute Gasteiger partial charge is 0.271 e. The lowest BCUT2D eigenvalue weighted by atomic mass is 10.00. The van der Waals surface area contributed by atoms with Crippen LogP contribution in [0.3, 0.4) is 0 Å². The molecule has 0 aromatic heterocycles. The number of nitrogens with one attached hydrogen (secondary N) is 1. The Hall–Kier alpha value is -0.850. The first-order chi connectivity index (χ1) is 8.40. The van der Waals surface area contributed by atoms with E-state index < -0.39 is 11.7 Å². The summed E-state index contributed by atoms with van der Waals surface area (Å²) in [6.07, 6.45) is -1.41. The normalized spacial score (nSPS) is 13.4. The minimum Gasteiger partial charge on any atom is -0.271 e. The van der Waals surface area contributed by atoms with E-state index in [1.54, 1.807) is 6.08 Å². The minimum absolute atomic E-state index is 0.348. The number of hydrogen-bond donors (Lipinski definition) is 2. The van der Waals surface area contributed by atoms with Crippen molar-refractivity contribution in [1.82, 2.24) is 5.43 Å². The predicted octanol–water partition coefficient (Wildman–Crippen LogP) is 3.94. The van der Waals surface area contributed by atoms with Crippen LogP contribution < -0.4 is 11.3 Å². The van der Waals surface area contributed by atoms with Gasteiger partial charge in [0.05, 0.1) is 5.56 Å². The van der Waals surface area contributed by atoms with Gasteiger partial charge >= 0.3 is 6.18 Å². The zero-order valence-electron chi connectivity index (χ0n) is 9.60. The zero-order chi connectivity index (χ0) is 13.8. The summed E-state index contributed by atoms with van der Waals surface area (Å²) in [5, 5.41) is 0. The van der Waals surface area contributed by atoms with Crippen LogP contribution in [0.1, 0.15) is 30.0 Å². The van der Waals surface area contributed by atoms with E-state index in [0.29, 0.717) is 22.9 Å². The third kappa shape index (κ3) is 3.83. The average molecular weight is 323 g/mol. The van der Waals surface area contributed by atoms with E-state index in [9.17, 15) is 13.2 Å². The highest BCUT2D eigenvalue weighted by molar-refractivity contribution is 9.10. The van der Waals surface area contributed by atoms with E-state index in [4.69, 9.17) is 5.84 Å². The number of rotatable bonds is 5. The molecule has 0 bridgehead atoms. The molecular weight excluding hydrogens is 309 g/mol. The second kappa shape index (κ2) is 6.36. The molecule has 3 N–H and O–H groups in total. The van der Waals surface area contributed by atoms with Gasteiger partial charge in [-0.05, 0) is 36.6 Å². The molecule has 0 aliphatic rings. The molecule has 0 radical (unpaired) electrons. The van der Waals surface area contributed by atoms with Crippen LogP contribution in [0.2, 0.25) is 0 Å². The summed E-state index contributed by atoms with van der Waals surface area (Å²) in [6.45, 7) is 3.58. The maximum atomic E-state index is 12.6. The van der Waals surface area contributed by atoms with Crippen LogP contribution in [0.25, 0.3) is 0 Å². The second-order valence-corrected chi connectivity index (χ2v) is 4.67. The lowest BCUT2D eigenvalue weighted by Crippen LogP contribution is -2.28. The Morgan fingerprint density at radius 1 is 1.44 bits per heavy atom. The first kappa shape index (κ1) is 15.2. The Labute approximate surface area is 112 Å². The molecule has 0 spiro atoms. The topological polar surface area (TPSA) is 38.0 Å². The van der Waals surface area contributed by atoms with Crippen molar-refractivity contribution in [2.24, 2.45) is 5.84 Å². The number of alkyl halides is 3. The Bertz CT molecular complexity index is 418. The molecular formula is C12H14BrF3N2. The van der Waals surface area contributed by atoms with Crippen molar-refractivity contribution in [2.75, 3.05) is 0 Å². The Kier molecular flexibility index (Phi) is 5.37. The Morgan fingerprint density at radius 2 is 2.11 bits per heavy atom. The molecule has 1 unspecified atom stereocenters. The maximum absolute atomic E-state index is 12.6. The Balaban J connectivity index is 3.08. The van der Waals surface area contributed by atoms with Gasteiger partial charge in [-0.25, -0.2) is 0 Å². The van der Waals surface area contributed by atoms with E-state index in [1.165, 1.54) is 6.07 Å². The van der Waals surface area contributed by atoms with Crippen LogP contribution in [0.5, 0.6) is 0 Å². The largest absolute Gasteiger partial charge is 0.416 e. The van der Waals surface area contributed by atoms with Crippen molar-refractivity contribution in [2.45, 2.75) is 25.1 Å². The van der Waals surface area contributed by atoms with Gasteiger partial charge in [-0.15, -0.1) is 6.58 Å². The monoisotopic (exact) mass is 322 g/mol. The number of nitrogens with two attached hydrogens (primary N) is 1. The first-order valence-corrected chi connectivity index (χ1v) is 6.13. The summed E-state index contributed by atoms with van der Waals surface area (Å²) in [4.78, 5) is 0. The lowest BCUT2D eigenvalue weighted by molar-refractivity contribution is -0.137. The Morgan fingerprint density at radius 3 is 2.61 bits per heavy atom. The van der Waals surface area contributed by atoms with Crippen LogP contribution in [-0.2, 0) is 6.18 Å². The zero-order valence-corrected chi connectivity index (χ0v) is 11.2. The van der Waals surface area contributed by atoms with Gasteiger partial charge < -0.3 is 0 Å². The highest BCUT2D eigenvalue weighted by atomic mass is 79.9. The van der Waals surface area contributed by atoms with E-state index in [2.05, 4.69) is 27.9 Å². The highest BCUT2D eigenvalue weighted by Gasteiger charge is 2.31. The van der Waals surface area contributed by atoms with E-state index in [1.807, 2.05) is 0 Å². The van der Waals surface area contributed by atoms with Crippen LogP contribution in [0, 0.1) is 0 Å². The molecule has 1 aromatic rings. The average Bonchev–Trinajstić information content (AvgIpc) is 2.30. The van der Waals surface area contributed by atoms with Gasteiger partial charge in [0.2, 0.25) is 0 Å². The van der Waals surface area contributed by atoms with Crippen LogP contribution in [-0.4, -0.2) is 0 Å². The lowest BCUT2D eigenvalue weighted by Gasteiger charge is -2.19. The number of hydrazine groups is 1. The SMILES string of the molecule is C=CCCC(NN)c1cc(C(F)(F)F)ccc1Br. The van der Waals surface area contributed by atoms with Crippen molar-refractivity contribution in [3.63, 3.8) is 0 Å². The fraction of sp³-hybridized carbons (Fsp3) is 0.333. The van der Waals surface area contributed by atoms with E-state index in [-0.39, 0.29) is 6.04 Å². The van der Waals surface area contributed by atoms with Gasteiger partial charge in [0, 0.05) is 10.5 Å². The minimum atomic E-state index is -4.35. The summed E-state index contributed by atoms with van der Waals surface area (Å²) in [5.41, 5.74) is 2.34. The van der Waals surface area contributed by atoms with Crippen molar-refractivity contribution >= 4 is 15.9 Å². The molecule has 100 valence electrons. The predicted molar refractivity (Wildman–Crippen MR) is 68.6 cm³/mol. The van der Waals surface area contributed by atoms with Gasteiger partial charge in [-0.2, -0.15) is 13.2 Å². The standard InChI is InChI=1S/C12H14BrF3N2/c1-2-3-4-11(18-17)9-7-8(12(14,15)16)5-6-10(9)13/h2,5-7,11,18H,1,3-4,17H2. The molecule has 1 rings (SSSR count). The molecule has 0 saturated heterocycles. The van der Waals surface area contributed by atoms with Crippen molar-refractivity contribution in [1.29, 1.82) is 0 Å². The van der Waals surface area contributed by atoms with Gasteiger partial charge in [-0.3, -0.25) is 11.3 Å².